The van der Waals surface area contributed by atoms with Crippen molar-refractivity contribution in [1.82, 2.24) is 4.72 Å². The van der Waals surface area contributed by atoms with Crippen molar-refractivity contribution in [2.24, 2.45) is 5.92 Å². The third-order valence-electron chi connectivity index (χ3n) is 4.34. The second kappa shape index (κ2) is 6.55. The lowest BCUT2D eigenvalue weighted by Gasteiger charge is -2.23. The van der Waals surface area contributed by atoms with Crippen LogP contribution in [-0.2, 0) is 10.0 Å². The van der Waals surface area contributed by atoms with Crippen molar-refractivity contribution in [3.63, 3.8) is 0 Å². The molecule has 0 aliphatic heterocycles. The fourth-order valence-electron chi connectivity index (χ4n) is 2.76. The summed E-state index contributed by atoms with van der Waals surface area (Å²) >= 11 is 6.05. The van der Waals surface area contributed by atoms with E-state index < -0.39 is 10.0 Å². The number of benzene rings is 1. The quantitative estimate of drug-likeness (QED) is 0.658. The van der Waals surface area contributed by atoms with Gasteiger partial charge in [0, 0.05) is 16.8 Å². The molecule has 2 atom stereocenters. The lowest BCUT2D eigenvalue weighted by molar-refractivity contribution is 0.399. The molecule has 1 saturated carbocycles. The van der Waals surface area contributed by atoms with Crippen LogP contribution in [0.5, 0.6) is 0 Å². The van der Waals surface area contributed by atoms with Crippen LogP contribution in [0, 0.1) is 12.8 Å². The standard InChI is InChI=1S/C15H23ClN2O2S/c1-10-6-4-3-5-7-15(10)18-21(19,20)12-8-13(16)11(2)14(17)9-12/h8-10,15,18H,3-7,17H2,1-2H3. The highest BCUT2D eigenvalue weighted by Gasteiger charge is 2.26. The Morgan fingerprint density at radius 3 is 2.57 bits per heavy atom. The summed E-state index contributed by atoms with van der Waals surface area (Å²) in [7, 11) is -3.59. The molecule has 2 unspecified atom stereocenters. The molecular weight excluding hydrogens is 308 g/mol. The van der Waals surface area contributed by atoms with Gasteiger partial charge >= 0.3 is 0 Å². The van der Waals surface area contributed by atoms with Gasteiger partial charge in [0.15, 0.2) is 0 Å². The van der Waals surface area contributed by atoms with Gasteiger partial charge in [-0.1, -0.05) is 37.8 Å². The minimum atomic E-state index is -3.59. The number of nitrogen functional groups attached to an aromatic ring is 1. The van der Waals surface area contributed by atoms with E-state index >= 15 is 0 Å². The number of sulfonamides is 1. The highest BCUT2D eigenvalue weighted by molar-refractivity contribution is 7.89. The van der Waals surface area contributed by atoms with Crippen LogP contribution in [0.25, 0.3) is 0 Å². The predicted molar refractivity (Wildman–Crippen MR) is 87.0 cm³/mol. The average molecular weight is 331 g/mol. The zero-order valence-electron chi connectivity index (χ0n) is 12.5. The average Bonchev–Trinajstić information content (AvgIpc) is 2.60. The van der Waals surface area contributed by atoms with Gasteiger partial charge < -0.3 is 5.73 Å². The third kappa shape index (κ3) is 3.90. The predicted octanol–water partition coefficient (Wildman–Crippen LogP) is 3.48. The summed E-state index contributed by atoms with van der Waals surface area (Å²) in [4.78, 5) is 0.145. The van der Waals surface area contributed by atoms with Gasteiger partial charge in [0.05, 0.1) is 4.90 Å². The molecule has 4 nitrogen and oxygen atoms in total. The molecule has 0 spiro atoms. The Balaban J connectivity index is 2.25. The highest BCUT2D eigenvalue weighted by atomic mass is 35.5. The summed E-state index contributed by atoms with van der Waals surface area (Å²) in [6, 6.07) is 2.93. The molecule has 0 heterocycles. The van der Waals surface area contributed by atoms with Crippen LogP contribution >= 0.6 is 11.6 Å². The topological polar surface area (TPSA) is 72.2 Å². The summed E-state index contributed by atoms with van der Waals surface area (Å²) in [6.07, 6.45) is 5.35. The number of halogens is 1. The molecule has 0 radical (unpaired) electrons. The number of rotatable bonds is 3. The molecule has 118 valence electrons. The maximum atomic E-state index is 12.5. The molecule has 1 aromatic carbocycles. The van der Waals surface area contributed by atoms with E-state index in [4.69, 9.17) is 17.3 Å². The SMILES string of the molecule is Cc1c(N)cc(S(=O)(=O)NC2CCCCCC2C)cc1Cl. The van der Waals surface area contributed by atoms with Gasteiger partial charge in [-0.3, -0.25) is 0 Å². The van der Waals surface area contributed by atoms with Crippen molar-refractivity contribution in [1.29, 1.82) is 0 Å². The van der Waals surface area contributed by atoms with E-state index in [2.05, 4.69) is 11.6 Å². The molecule has 1 fully saturated rings. The van der Waals surface area contributed by atoms with E-state index in [9.17, 15) is 8.42 Å². The van der Waals surface area contributed by atoms with Crippen LogP contribution in [0.2, 0.25) is 5.02 Å². The largest absolute Gasteiger partial charge is 0.398 e. The lowest BCUT2D eigenvalue weighted by Crippen LogP contribution is -2.38. The van der Waals surface area contributed by atoms with Crippen LogP contribution in [0.4, 0.5) is 5.69 Å². The molecule has 1 aliphatic rings. The van der Waals surface area contributed by atoms with E-state index in [0.717, 1.165) is 19.3 Å². The van der Waals surface area contributed by atoms with Crippen molar-refractivity contribution < 1.29 is 8.42 Å². The molecule has 21 heavy (non-hydrogen) atoms. The Morgan fingerprint density at radius 2 is 1.90 bits per heavy atom. The zero-order chi connectivity index (χ0) is 15.6. The second-order valence-electron chi connectivity index (χ2n) is 5.96. The van der Waals surface area contributed by atoms with Crippen LogP contribution < -0.4 is 10.5 Å². The normalized spacial score (nSPS) is 23.8. The van der Waals surface area contributed by atoms with E-state index in [1.807, 2.05) is 0 Å². The first-order valence-electron chi connectivity index (χ1n) is 7.39. The Labute approximate surface area is 132 Å². The molecule has 0 saturated heterocycles. The van der Waals surface area contributed by atoms with Gasteiger partial charge in [-0.25, -0.2) is 13.1 Å². The van der Waals surface area contributed by atoms with Gasteiger partial charge in [0.2, 0.25) is 10.0 Å². The Hall–Kier alpha value is -0.780. The van der Waals surface area contributed by atoms with Gasteiger partial charge in [-0.15, -0.1) is 0 Å². The summed E-state index contributed by atoms with van der Waals surface area (Å²) in [6.45, 7) is 3.88. The van der Waals surface area contributed by atoms with E-state index in [1.54, 1.807) is 6.92 Å². The zero-order valence-corrected chi connectivity index (χ0v) is 14.1. The first-order valence-corrected chi connectivity index (χ1v) is 9.25. The first kappa shape index (κ1) is 16.6. The summed E-state index contributed by atoms with van der Waals surface area (Å²) in [5.74, 6) is 0.348. The molecular formula is C15H23ClN2O2S. The minimum Gasteiger partial charge on any atom is -0.398 e. The van der Waals surface area contributed by atoms with Crippen LogP contribution in [0.1, 0.15) is 44.6 Å². The number of hydrogen-bond acceptors (Lipinski definition) is 3. The summed E-state index contributed by atoms with van der Waals surface area (Å²) in [5.41, 5.74) is 6.93. The maximum absolute atomic E-state index is 12.5. The van der Waals surface area contributed by atoms with Crippen molar-refractivity contribution in [3.05, 3.63) is 22.7 Å². The lowest BCUT2D eigenvalue weighted by atomic mass is 9.98. The molecule has 3 N–H and O–H groups in total. The summed E-state index contributed by atoms with van der Waals surface area (Å²) in [5, 5.41) is 0.379. The first-order chi connectivity index (χ1) is 9.81. The van der Waals surface area contributed by atoms with Gasteiger partial charge in [0.1, 0.15) is 0 Å². The van der Waals surface area contributed by atoms with Gasteiger partial charge in [-0.05, 0) is 43.4 Å². The molecule has 2 rings (SSSR count). The van der Waals surface area contributed by atoms with Crippen LogP contribution in [0.3, 0.4) is 0 Å². The van der Waals surface area contributed by atoms with Crippen molar-refractivity contribution in [3.8, 4) is 0 Å². The van der Waals surface area contributed by atoms with Crippen LogP contribution in [0.15, 0.2) is 17.0 Å². The fourth-order valence-corrected chi connectivity index (χ4v) is 4.50. The number of hydrogen-bond donors (Lipinski definition) is 2. The molecule has 0 amide bonds. The van der Waals surface area contributed by atoms with Gasteiger partial charge in [0.25, 0.3) is 0 Å². The van der Waals surface area contributed by atoms with Crippen molar-refractivity contribution in [2.45, 2.75) is 56.9 Å². The molecule has 1 aromatic rings. The summed E-state index contributed by atoms with van der Waals surface area (Å²) < 4.78 is 27.9. The fraction of sp³-hybridized carbons (Fsp3) is 0.600. The highest BCUT2D eigenvalue weighted by Crippen LogP contribution is 2.28. The Morgan fingerprint density at radius 1 is 1.24 bits per heavy atom. The van der Waals surface area contributed by atoms with Gasteiger partial charge in [-0.2, -0.15) is 0 Å². The smallest absolute Gasteiger partial charge is 0.240 e. The van der Waals surface area contributed by atoms with Crippen molar-refractivity contribution in [2.75, 3.05) is 5.73 Å². The molecule has 0 bridgehead atoms. The monoisotopic (exact) mass is 330 g/mol. The third-order valence-corrected chi connectivity index (χ3v) is 6.20. The number of anilines is 1. The minimum absolute atomic E-state index is 0.0150. The molecule has 6 heteroatoms. The Kier molecular flexibility index (Phi) is 5.17. The second-order valence-corrected chi connectivity index (χ2v) is 8.08. The maximum Gasteiger partial charge on any atom is 0.240 e. The molecule has 1 aliphatic carbocycles. The van der Waals surface area contributed by atoms with E-state index in [-0.39, 0.29) is 10.9 Å². The number of nitrogens with one attached hydrogen (secondary N) is 1. The molecule has 0 aromatic heterocycles. The Bertz CT molecular complexity index is 593. The van der Waals surface area contributed by atoms with Crippen molar-refractivity contribution >= 4 is 27.3 Å². The number of nitrogens with two attached hydrogens (primary N) is 1. The van der Waals surface area contributed by atoms with E-state index in [1.165, 1.54) is 25.0 Å². The van der Waals surface area contributed by atoms with E-state index in [0.29, 0.717) is 22.2 Å². The van der Waals surface area contributed by atoms with Crippen LogP contribution in [-0.4, -0.2) is 14.5 Å².